The first kappa shape index (κ1) is 24.5. The number of pyridine rings is 1. The van der Waals surface area contributed by atoms with Gasteiger partial charge < -0.3 is 25.5 Å². The summed E-state index contributed by atoms with van der Waals surface area (Å²) in [4.78, 5) is 30.7. The number of morpholine rings is 1. The molecule has 3 heterocycles. The summed E-state index contributed by atoms with van der Waals surface area (Å²) in [5.41, 5.74) is 15.3. The average molecular weight is 517 g/mol. The second-order valence-corrected chi connectivity index (χ2v) is 9.21. The van der Waals surface area contributed by atoms with Crippen molar-refractivity contribution >= 4 is 46.3 Å². The summed E-state index contributed by atoms with van der Waals surface area (Å²) < 4.78 is 11.3. The van der Waals surface area contributed by atoms with Crippen molar-refractivity contribution in [3.63, 3.8) is 0 Å². The molecule has 0 unspecified atom stereocenters. The summed E-state index contributed by atoms with van der Waals surface area (Å²) in [6, 6.07) is 16.5. The number of ether oxygens (including phenoxy) is 1. The molecule has 1 saturated heterocycles. The van der Waals surface area contributed by atoms with E-state index in [4.69, 9.17) is 32.2 Å². The Labute approximate surface area is 218 Å². The van der Waals surface area contributed by atoms with Crippen LogP contribution >= 0.6 is 11.6 Å². The van der Waals surface area contributed by atoms with Gasteiger partial charge in [0.15, 0.2) is 5.58 Å². The van der Waals surface area contributed by atoms with Crippen LogP contribution in [0.1, 0.15) is 21.7 Å². The Morgan fingerprint density at radius 2 is 1.78 bits per heavy atom. The van der Waals surface area contributed by atoms with Crippen LogP contribution in [0, 0.1) is 0 Å². The van der Waals surface area contributed by atoms with Crippen LogP contribution in [-0.4, -0.2) is 48.0 Å². The van der Waals surface area contributed by atoms with Crippen LogP contribution in [0.2, 0.25) is 5.02 Å². The molecule has 1 aliphatic rings. The number of hydrogen-bond donors (Lipinski definition) is 2. The fourth-order valence-electron chi connectivity index (χ4n) is 4.27. The second kappa shape index (κ2) is 10.5. The SMILES string of the molecule is NC(=O)/C(=C/c1ccc(N)nc1)Cc1cc2cc(-c3ccc(C(=O)N4CCOCC4)cc3)cc(Cl)c2o1. The van der Waals surface area contributed by atoms with Crippen LogP contribution in [0.3, 0.4) is 0 Å². The van der Waals surface area contributed by atoms with E-state index in [1.54, 1.807) is 29.3 Å². The molecule has 188 valence electrons. The molecule has 2 aromatic heterocycles. The van der Waals surface area contributed by atoms with Gasteiger partial charge in [0.2, 0.25) is 5.91 Å². The minimum atomic E-state index is -0.559. The number of nitrogen functional groups attached to an aromatic ring is 1. The number of rotatable bonds is 6. The summed E-state index contributed by atoms with van der Waals surface area (Å²) in [5.74, 6) is 0.375. The van der Waals surface area contributed by atoms with Gasteiger partial charge in [-0.15, -0.1) is 0 Å². The minimum absolute atomic E-state index is 0.00382. The number of carbonyl (C=O) groups excluding carboxylic acids is 2. The summed E-state index contributed by atoms with van der Waals surface area (Å²) in [6.45, 7) is 2.31. The van der Waals surface area contributed by atoms with Crippen LogP contribution < -0.4 is 11.5 Å². The first-order chi connectivity index (χ1) is 17.9. The van der Waals surface area contributed by atoms with Gasteiger partial charge >= 0.3 is 0 Å². The summed E-state index contributed by atoms with van der Waals surface area (Å²) in [5, 5.41) is 1.24. The number of nitrogens with two attached hydrogens (primary N) is 2. The van der Waals surface area contributed by atoms with Gasteiger partial charge in [-0.25, -0.2) is 4.98 Å². The average Bonchev–Trinajstić information content (AvgIpc) is 3.33. The second-order valence-electron chi connectivity index (χ2n) is 8.80. The van der Waals surface area contributed by atoms with E-state index >= 15 is 0 Å². The zero-order chi connectivity index (χ0) is 25.9. The van der Waals surface area contributed by atoms with Crippen LogP contribution in [0.4, 0.5) is 5.82 Å². The minimum Gasteiger partial charge on any atom is -0.459 e. The lowest BCUT2D eigenvalue weighted by molar-refractivity contribution is -0.114. The molecule has 1 fully saturated rings. The third kappa shape index (κ3) is 5.50. The fraction of sp³-hybridized carbons (Fsp3) is 0.179. The standard InChI is InChI=1S/C28H25ClN4O4/c29-24-15-20(18-2-4-19(5-3-18)28(35)33-7-9-36-10-8-33)12-21-13-23(37-26(21)24)14-22(27(31)34)11-17-1-6-25(30)32-16-17/h1-6,11-13,15-16H,7-10,14H2,(H2,30,32)(H2,31,34)/b22-11+. The number of amides is 2. The third-order valence-electron chi connectivity index (χ3n) is 6.22. The number of fused-ring (bicyclic) bond motifs is 1. The Morgan fingerprint density at radius 3 is 2.46 bits per heavy atom. The first-order valence-corrected chi connectivity index (χ1v) is 12.2. The molecule has 0 radical (unpaired) electrons. The molecule has 0 aliphatic carbocycles. The maximum Gasteiger partial charge on any atom is 0.254 e. The monoisotopic (exact) mass is 516 g/mol. The van der Waals surface area contributed by atoms with Gasteiger partial charge in [0.05, 0.1) is 18.2 Å². The van der Waals surface area contributed by atoms with Gasteiger partial charge in [0.25, 0.3) is 5.91 Å². The van der Waals surface area contributed by atoms with E-state index in [9.17, 15) is 9.59 Å². The molecule has 0 spiro atoms. The Morgan fingerprint density at radius 1 is 1.03 bits per heavy atom. The Bertz CT molecular complexity index is 1490. The first-order valence-electron chi connectivity index (χ1n) is 11.8. The van der Waals surface area contributed by atoms with Crippen molar-refractivity contribution in [1.29, 1.82) is 0 Å². The number of anilines is 1. The van der Waals surface area contributed by atoms with Crippen molar-refractivity contribution in [3.05, 3.63) is 88.3 Å². The van der Waals surface area contributed by atoms with E-state index in [1.165, 1.54) is 0 Å². The molecule has 5 rings (SSSR count). The lowest BCUT2D eigenvalue weighted by atomic mass is 10.0. The predicted octanol–water partition coefficient (Wildman–Crippen LogP) is 4.31. The maximum absolute atomic E-state index is 12.7. The topological polar surface area (TPSA) is 125 Å². The number of benzene rings is 2. The molecule has 4 N–H and O–H groups in total. The molecule has 8 nitrogen and oxygen atoms in total. The zero-order valence-electron chi connectivity index (χ0n) is 19.9. The van der Waals surface area contributed by atoms with Crippen LogP contribution in [0.5, 0.6) is 0 Å². The highest BCUT2D eigenvalue weighted by atomic mass is 35.5. The molecule has 2 amide bonds. The molecule has 0 saturated carbocycles. The van der Waals surface area contributed by atoms with E-state index in [-0.39, 0.29) is 12.3 Å². The van der Waals surface area contributed by atoms with Crippen molar-refractivity contribution < 1.29 is 18.7 Å². The molecule has 4 aromatic rings. The fourth-order valence-corrected chi connectivity index (χ4v) is 4.54. The summed E-state index contributed by atoms with van der Waals surface area (Å²) in [6.07, 6.45) is 3.42. The van der Waals surface area contributed by atoms with Gasteiger partial charge in [-0.2, -0.15) is 0 Å². The quantitative estimate of drug-likeness (QED) is 0.368. The highest BCUT2D eigenvalue weighted by Crippen LogP contribution is 2.34. The van der Waals surface area contributed by atoms with Crippen LogP contribution in [-0.2, 0) is 16.0 Å². The summed E-state index contributed by atoms with van der Waals surface area (Å²) >= 11 is 6.56. The van der Waals surface area contributed by atoms with Crippen molar-refractivity contribution in [1.82, 2.24) is 9.88 Å². The zero-order valence-corrected chi connectivity index (χ0v) is 20.7. The normalized spacial score (nSPS) is 14.2. The van der Waals surface area contributed by atoms with Crippen LogP contribution in [0.15, 0.2) is 70.8 Å². The molecule has 0 bridgehead atoms. The van der Waals surface area contributed by atoms with E-state index < -0.39 is 5.91 Å². The van der Waals surface area contributed by atoms with Crippen molar-refractivity contribution in [2.45, 2.75) is 6.42 Å². The number of furan rings is 1. The van der Waals surface area contributed by atoms with Gasteiger partial charge in [-0.05, 0) is 65.2 Å². The number of halogens is 1. The largest absolute Gasteiger partial charge is 0.459 e. The smallest absolute Gasteiger partial charge is 0.254 e. The van der Waals surface area contributed by atoms with Crippen molar-refractivity contribution in [2.24, 2.45) is 5.73 Å². The molecule has 9 heteroatoms. The van der Waals surface area contributed by atoms with Crippen LogP contribution in [0.25, 0.3) is 28.2 Å². The van der Waals surface area contributed by atoms with Crippen molar-refractivity contribution in [3.8, 4) is 11.1 Å². The Kier molecular flexibility index (Phi) is 6.94. The molecule has 37 heavy (non-hydrogen) atoms. The number of nitrogens with zero attached hydrogens (tertiary/aromatic N) is 2. The Balaban J connectivity index is 1.39. The summed E-state index contributed by atoms with van der Waals surface area (Å²) in [7, 11) is 0. The Hall–Kier alpha value is -4.14. The number of hydrogen-bond acceptors (Lipinski definition) is 6. The highest BCUT2D eigenvalue weighted by molar-refractivity contribution is 6.35. The van der Waals surface area contributed by atoms with Crippen molar-refractivity contribution in [2.75, 3.05) is 32.0 Å². The molecular weight excluding hydrogens is 492 g/mol. The number of primary amides is 1. The predicted molar refractivity (Wildman–Crippen MR) is 143 cm³/mol. The molecule has 1 aliphatic heterocycles. The lowest BCUT2D eigenvalue weighted by Crippen LogP contribution is -2.40. The number of aromatic nitrogens is 1. The molecule has 2 aromatic carbocycles. The van der Waals surface area contributed by atoms with Gasteiger partial charge in [0, 0.05) is 42.2 Å². The highest BCUT2D eigenvalue weighted by Gasteiger charge is 2.19. The molecule has 0 atom stereocenters. The maximum atomic E-state index is 12.7. The lowest BCUT2D eigenvalue weighted by Gasteiger charge is -2.26. The van der Waals surface area contributed by atoms with Gasteiger partial charge in [-0.1, -0.05) is 23.7 Å². The van der Waals surface area contributed by atoms with E-state index in [0.717, 1.165) is 16.5 Å². The number of carbonyl (C=O) groups is 2. The van der Waals surface area contributed by atoms with E-state index in [2.05, 4.69) is 4.98 Å². The van der Waals surface area contributed by atoms with E-state index in [0.29, 0.717) is 65.2 Å². The van der Waals surface area contributed by atoms with E-state index in [1.807, 2.05) is 42.5 Å². The van der Waals surface area contributed by atoms with Gasteiger partial charge in [-0.3, -0.25) is 9.59 Å². The third-order valence-corrected chi connectivity index (χ3v) is 6.50. The van der Waals surface area contributed by atoms with Gasteiger partial charge in [0.1, 0.15) is 11.6 Å². The molecular formula is C28H25ClN4O4.